The highest BCUT2D eigenvalue weighted by molar-refractivity contribution is 7.99. The molecule has 2 aliphatic carbocycles. The van der Waals surface area contributed by atoms with E-state index in [4.69, 9.17) is 0 Å². The number of fused-ring (bicyclic) bond motifs is 2. The van der Waals surface area contributed by atoms with Gasteiger partial charge in [-0.3, -0.25) is 4.72 Å². The molecule has 0 aliphatic heterocycles. The largest absolute Gasteiger partial charge is 0.329 e. The summed E-state index contributed by atoms with van der Waals surface area (Å²) in [5, 5.41) is 5.15. The van der Waals surface area contributed by atoms with Crippen molar-refractivity contribution in [2.75, 3.05) is 5.32 Å². The number of hydrogen-bond acceptors (Lipinski definition) is 3. The normalized spacial score (nSPS) is 15.5. The molecule has 1 aromatic carbocycles. The van der Waals surface area contributed by atoms with E-state index in [1.807, 2.05) is 17.5 Å². The van der Waals surface area contributed by atoms with Gasteiger partial charge >= 0.3 is 6.03 Å². The van der Waals surface area contributed by atoms with E-state index in [0.29, 0.717) is 0 Å². The van der Waals surface area contributed by atoms with E-state index < -0.39 is 0 Å². The van der Waals surface area contributed by atoms with E-state index in [2.05, 4.69) is 16.1 Å². The van der Waals surface area contributed by atoms with Crippen LogP contribution in [0.1, 0.15) is 35.1 Å². The van der Waals surface area contributed by atoms with Gasteiger partial charge in [0.25, 0.3) is 0 Å². The highest BCUT2D eigenvalue weighted by atomic mass is 32.2. The van der Waals surface area contributed by atoms with Crippen molar-refractivity contribution in [1.82, 2.24) is 4.72 Å². The Balaban J connectivity index is 1.54. The summed E-state index contributed by atoms with van der Waals surface area (Å²) in [7, 11) is 0. The molecule has 1 aromatic heterocycles. The smallest absolute Gasteiger partial charge is 0.307 e. The van der Waals surface area contributed by atoms with Crippen LogP contribution in [0.5, 0.6) is 0 Å². The fraction of sp³-hybridized carbons (Fsp3) is 0.353. The standard InChI is InChI=1S/C17H18N2OS2/c20-17(19-22-15-8-3-9-21-15)18-16-13-6-1-4-11(13)10-12-5-2-7-14(12)16/h3,8-10H,1-2,4-7H2,(H2,18,19,20). The summed E-state index contributed by atoms with van der Waals surface area (Å²) in [5.41, 5.74) is 6.74. The number of amides is 2. The number of thiophene rings is 1. The van der Waals surface area contributed by atoms with E-state index >= 15 is 0 Å². The van der Waals surface area contributed by atoms with Crippen LogP contribution in [-0.4, -0.2) is 6.03 Å². The number of nitrogens with one attached hydrogen (secondary N) is 2. The molecule has 3 nitrogen and oxygen atoms in total. The maximum atomic E-state index is 12.3. The van der Waals surface area contributed by atoms with Gasteiger partial charge in [0, 0.05) is 5.69 Å². The molecular formula is C17H18N2OS2. The third-order valence-electron chi connectivity index (χ3n) is 4.45. The highest BCUT2D eigenvalue weighted by Gasteiger charge is 2.24. The molecule has 0 bridgehead atoms. The lowest BCUT2D eigenvalue weighted by Crippen LogP contribution is -2.24. The molecule has 114 valence electrons. The first kappa shape index (κ1) is 14.2. The molecule has 0 saturated carbocycles. The minimum absolute atomic E-state index is 0.118. The van der Waals surface area contributed by atoms with Crippen molar-refractivity contribution in [3.63, 3.8) is 0 Å². The summed E-state index contributed by atoms with van der Waals surface area (Å²) in [6, 6.07) is 6.26. The van der Waals surface area contributed by atoms with Crippen LogP contribution < -0.4 is 10.0 Å². The van der Waals surface area contributed by atoms with Gasteiger partial charge in [0.05, 0.1) is 4.21 Å². The van der Waals surface area contributed by atoms with Crippen LogP contribution >= 0.6 is 23.3 Å². The topological polar surface area (TPSA) is 41.1 Å². The molecule has 2 aromatic rings. The van der Waals surface area contributed by atoms with Crippen molar-refractivity contribution in [3.8, 4) is 0 Å². The van der Waals surface area contributed by atoms with Gasteiger partial charge in [-0.15, -0.1) is 11.3 Å². The Morgan fingerprint density at radius 2 is 1.82 bits per heavy atom. The van der Waals surface area contributed by atoms with E-state index in [1.54, 1.807) is 11.3 Å². The van der Waals surface area contributed by atoms with Crippen molar-refractivity contribution in [2.45, 2.75) is 42.7 Å². The van der Waals surface area contributed by atoms with Gasteiger partial charge in [-0.1, -0.05) is 12.1 Å². The Bertz CT molecular complexity index is 678. The molecule has 5 heteroatoms. The van der Waals surface area contributed by atoms with E-state index in [1.165, 1.54) is 47.0 Å². The first-order valence-electron chi connectivity index (χ1n) is 7.75. The monoisotopic (exact) mass is 330 g/mol. The fourth-order valence-electron chi connectivity index (χ4n) is 3.52. The molecule has 0 unspecified atom stereocenters. The SMILES string of the molecule is O=C(NSc1cccs1)Nc1c2c(cc3c1CCC3)CCC2. The molecular weight excluding hydrogens is 312 g/mol. The zero-order chi connectivity index (χ0) is 14.9. The van der Waals surface area contributed by atoms with E-state index in [9.17, 15) is 4.79 Å². The number of carbonyl (C=O) groups excluding carboxylic acids is 1. The number of hydrogen-bond donors (Lipinski definition) is 2. The van der Waals surface area contributed by atoms with Crippen molar-refractivity contribution in [1.29, 1.82) is 0 Å². The summed E-state index contributed by atoms with van der Waals surface area (Å²) in [5.74, 6) is 0. The molecule has 0 saturated heterocycles. The predicted molar refractivity (Wildman–Crippen MR) is 92.8 cm³/mol. The van der Waals surface area contributed by atoms with Gasteiger partial charge in [0.1, 0.15) is 0 Å². The number of carbonyl (C=O) groups is 1. The Morgan fingerprint density at radius 1 is 1.09 bits per heavy atom. The Kier molecular flexibility index (Phi) is 3.84. The number of rotatable bonds is 3. The molecule has 0 radical (unpaired) electrons. The van der Waals surface area contributed by atoms with Gasteiger partial charge in [-0.25, -0.2) is 4.79 Å². The Hall–Kier alpha value is -1.46. The van der Waals surface area contributed by atoms with Crippen LogP contribution in [0, 0.1) is 0 Å². The van der Waals surface area contributed by atoms with Crippen molar-refractivity contribution < 1.29 is 4.79 Å². The maximum Gasteiger partial charge on any atom is 0.329 e. The fourth-order valence-corrected chi connectivity index (χ4v) is 4.85. The van der Waals surface area contributed by atoms with Crippen molar-refractivity contribution in [2.24, 2.45) is 0 Å². The van der Waals surface area contributed by atoms with Crippen LogP contribution in [0.4, 0.5) is 10.5 Å². The van der Waals surface area contributed by atoms with Crippen LogP contribution in [0.15, 0.2) is 27.8 Å². The predicted octanol–water partition coefficient (Wildman–Crippen LogP) is 4.55. The van der Waals surface area contributed by atoms with Gasteiger partial charge < -0.3 is 5.32 Å². The van der Waals surface area contributed by atoms with Gasteiger partial charge in [0.2, 0.25) is 0 Å². The number of anilines is 1. The minimum atomic E-state index is -0.118. The van der Waals surface area contributed by atoms with Crippen LogP contribution in [0.3, 0.4) is 0 Å². The zero-order valence-electron chi connectivity index (χ0n) is 12.3. The summed E-state index contributed by atoms with van der Waals surface area (Å²) in [6.45, 7) is 0. The summed E-state index contributed by atoms with van der Waals surface area (Å²) in [6.07, 6.45) is 6.91. The summed E-state index contributed by atoms with van der Waals surface area (Å²) in [4.78, 5) is 12.3. The van der Waals surface area contributed by atoms with Crippen LogP contribution in [0.2, 0.25) is 0 Å². The molecule has 0 atom stereocenters. The average molecular weight is 330 g/mol. The first-order valence-corrected chi connectivity index (χ1v) is 9.45. The second kappa shape index (κ2) is 5.97. The summed E-state index contributed by atoms with van der Waals surface area (Å²) >= 11 is 3.01. The molecule has 2 aliphatic rings. The molecule has 0 fully saturated rings. The molecule has 2 N–H and O–H groups in total. The Labute approximate surface area is 138 Å². The lowest BCUT2D eigenvalue weighted by molar-refractivity contribution is 0.257. The zero-order valence-corrected chi connectivity index (χ0v) is 13.9. The van der Waals surface area contributed by atoms with Crippen LogP contribution in [-0.2, 0) is 25.7 Å². The third-order valence-corrected chi connectivity index (χ3v) is 6.28. The second-order valence-electron chi connectivity index (χ2n) is 5.82. The van der Waals surface area contributed by atoms with E-state index in [0.717, 1.165) is 35.6 Å². The highest BCUT2D eigenvalue weighted by Crippen LogP contribution is 2.38. The molecule has 0 spiro atoms. The molecule has 22 heavy (non-hydrogen) atoms. The second-order valence-corrected chi connectivity index (χ2v) is 7.88. The average Bonchev–Trinajstić information content (AvgIpc) is 3.25. The van der Waals surface area contributed by atoms with Crippen molar-refractivity contribution in [3.05, 3.63) is 45.8 Å². The number of benzene rings is 1. The number of aryl methyl sites for hydroxylation is 2. The number of urea groups is 1. The quantitative estimate of drug-likeness (QED) is 0.810. The van der Waals surface area contributed by atoms with E-state index in [-0.39, 0.29) is 6.03 Å². The third kappa shape index (κ3) is 2.63. The van der Waals surface area contributed by atoms with Gasteiger partial charge in [-0.2, -0.15) is 0 Å². The Morgan fingerprint density at radius 3 is 2.45 bits per heavy atom. The first-order chi connectivity index (χ1) is 10.8. The molecule has 1 heterocycles. The van der Waals surface area contributed by atoms with Crippen LogP contribution in [0.25, 0.3) is 0 Å². The molecule has 4 rings (SSSR count). The summed E-state index contributed by atoms with van der Waals surface area (Å²) < 4.78 is 3.99. The minimum Gasteiger partial charge on any atom is -0.307 e. The van der Waals surface area contributed by atoms with Gasteiger partial charge in [-0.05, 0) is 84.2 Å². The van der Waals surface area contributed by atoms with Gasteiger partial charge in [0.15, 0.2) is 0 Å². The lowest BCUT2D eigenvalue weighted by Gasteiger charge is -2.16. The molecule has 2 amide bonds. The van der Waals surface area contributed by atoms with Crippen molar-refractivity contribution >= 4 is 35.0 Å². The maximum absolute atomic E-state index is 12.3. The lowest BCUT2D eigenvalue weighted by atomic mass is 9.99.